The van der Waals surface area contributed by atoms with Crippen LogP contribution in [0.1, 0.15) is 33.7 Å². The molecular weight excluding hydrogens is 297 g/mol. The molecule has 0 saturated carbocycles. The predicted molar refractivity (Wildman–Crippen MR) is 83.7 cm³/mol. The number of pyridine rings is 1. The quantitative estimate of drug-likeness (QED) is 0.947. The molecule has 2 aromatic rings. The van der Waals surface area contributed by atoms with Crippen LogP contribution < -0.4 is 5.32 Å². The van der Waals surface area contributed by atoms with Crippen molar-refractivity contribution in [3.63, 3.8) is 0 Å². The van der Waals surface area contributed by atoms with Gasteiger partial charge in [-0.2, -0.15) is 0 Å². The van der Waals surface area contributed by atoms with E-state index in [2.05, 4.69) is 10.3 Å². The topological polar surface area (TPSA) is 62.3 Å². The van der Waals surface area contributed by atoms with Crippen LogP contribution in [0, 0.1) is 5.82 Å². The third kappa shape index (κ3) is 3.53. The molecule has 1 aliphatic heterocycles. The van der Waals surface area contributed by atoms with E-state index in [1.165, 1.54) is 30.5 Å². The smallest absolute Gasteiger partial charge is 0.274 e. The van der Waals surface area contributed by atoms with Crippen LogP contribution in [0.3, 0.4) is 0 Å². The number of nitrogens with zero attached hydrogens (tertiary/aromatic N) is 2. The molecule has 1 fully saturated rings. The second-order valence-corrected chi connectivity index (χ2v) is 5.39. The van der Waals surface area contributed by atoms with Crippen LogP contribution in [0.4, 0.5) is 10.1 Å². The molecule has 1 saturated heterocycles. The summed E-state index contributed by atoms with van der Waals surface area (Å²) in [5.74, 6) is -1.01. The van der Waals surface area contributed by atoms with Gasteiger partial charge in [-0.05, 0) is 43.2 Å². The highest BCUT2D eigenvalue weighted by atomic mass is 19.1. The fraction of sp³-hybridized carbons (Fsp3) is 0.235. The van der Waals surface area contributed by atoms with E-state index in [-0.39, 0.29) is 11.6 Å². The van der Waals surface area contributed by atoms with Crippen molar-refractivity contribution in [2.45, 2.75) is 12.8 Å². The minimum Gasteiger partial charge on any atom is -0.339 e. The van der Waals surface area contributed by atoms with Gasteiger partial charge in [-0.15, -0.1) is 0 Å². The highest BCUT2D eigenvalue weighted by molar-refractivity contribution is 6.04. The summed E-state index contributed by atoms with van der Waals surface area (Å²) in [7, 11) is 0. The molecule has 0 radical (unpaired) electrons. The molecule has 0 unspecified atom stereocenters. The molecule has 6 heteroatoms. The van der Waals surface area contributed by atoms with Crippen LogP contribution >= 0.6 is 0 Å². The maximum atomic E-state index is 13.1. The monoisotopic (exact) mass is 313 g/mol. The number of nitrogens with one attached hydrogen (secondary N) is 1. The number of carbonyl (C=O) groups is 2. The van der Waals surface area contributed by atoms with Gasteiger partial charge in [0.2, 0.25) is 0 Å². The molecule has 2 heterocycles. The number of likely N-dealkylation sites (tertiary alicyclic amines) is 1. The minimum absolute atomic E-state index is 0.0929. The van der Waals surface area contributed by atoms with E-state index in [0.717, 1.165) is 25.9 Å². The van der Waals surface area contributed by atoms with Gasteiger partial charge in [0.15, 0.2) is 0 Å². The fourth-order valence-corrected chi connectivity index (χ4v) is 2.55. The summed E-state index contributed by atoms with van der Waals surface area (Å²) in [6.45, 7) is 1.48. The van der Waals surface area contributed by atoms with E-state index >= 15 is 0 Å². The molecular formula is C17H16FN3O2. The molecule has 2 amide bonds. The molecule has 1 N–H and O–H groups in total. The van der Waals surface area contributed by atoms with E-state index < -0.39 is 11.7 Å². The standard InChI is InChI=1S/C17H16FN3O2/c18-13-4-3-5-14(11-13)20-16(22)15-10-12(6-7-19-15)17(23)21-8-1-2-9-21/h3-7,10-11H,1-2,8-9H2,(H,20,22). The molecule has 23 heavy (non-hydrogen) atoms. The van der Waals surface area contributed by atoms with E-state index in [0.29, 0.717) is 11.3 Å². The van der Waals surface area contributed by atoms with Crippen molar-refractivity contribution in [2.75, 3.05) is 18.4 Å². The number of benzene rings is 1. The summed E-state index contributed by atoms with van der Waals surface area (Å²) in [6.07, 6.45) is 3.44. The molecule has 0 atom stereocenters. The summed E-state index contributed by atoms with van der Waals surface area (Å²) in [5, 5.41) is 2.57. The Bertz CT molecular complexity index is 742. The average molecular weight is 313 g/mol. The van der Waals surface area contributed by atoms with Gasteiger partial charge in [-0.25, -0.2) is 4.39 Å². The lowest BCUT2D eigenvalue weighted by atomic mass is 10.2. The molecule has 3 rings (SSSR count). The minimum atomic E-state index is -0.480. The highest BCUT2D eigenvalue weighted by Gasteiger charge is 2.20. The number of hydrogen-bond acceptors (Lipinski definition) is 3. The fourth-order valence-electron chi connectivity index (χ4n) is 2.55. The Morgan fingerprint density at radius 2 is 1.91 bits per heavy atom. The second kappa shape index (κ2) is 6.56. The third-order valence-corrected chi connectivity index (χ3v) is 3.72. The third-order valence-electron chi connectivity index (χ3n) is 3.72. The molecule has 118 valence electrons. The van der Waals surface area contributed by atoms with Crippen LogP contribution in [0.25, 0.3) is 0 Å². The van der Waals surface area contributed by atoms with Crippen molar-refractivity contribution in [2.24, 2.45) is 0 Å². The van der Waals surface area contributed by atoms with E-state index in [1.807, 2.05) is 0 Å². The lowest BCUT2D eigenvalue weighted by Gasteiger charge is -2.15. The molecule has 1 aromatic carbocycles. The maximum absolute atomic E-state index is 13.1. The summed E-state index contributed by atoms with van der Waals surface area (Å²) >= 11 is 0. The normalized spacial score (nSPS) is 13.9. The van der Waals surface area contributed by atoms with Crippen LogP contribution in [-0.2, 0) is 0 Å². The van der Waals surface area contributed by atoms with Crippen molar-refractivity contribution in [1.29, 1.82) is 0 Å². The Labute approximate surface area is 133 Å². The first-order valence-corrected chi connectivity index (χ1v) is 7.46. The van der Waals surface area contributed by atoms with Gasteiger partial charge in [-0.3, -0.25) is 14.6 Å². The summed E-state index contributed by atoms with van der Waals surface area (Å²) in [4.78, 5) is 30.3. The van der Waals surface area contributed by atoms with Crippen LogP contribution in [0.15, 0.2) is 42.6 Å². The van der Waals surface area contributed by atoms with Crippen molar-refractivity contribution in [3.8, 4) is 0 Å². The maximum Gasteiger partial charge on any atom is 0.274 e. The van der Waals surface area contributed by atoms with Crippen molar-refractivity contribution < 1.29 is 14.0 Å². The van der Waals surface area contributed by atoms with Crippen molar-refractivity contribution in [1.82, 2.24) is 9.88 Å². The van der Waals surface area contributed by atoms with E-state index in [1.54, 1.807) is 17.0 Å². The summed E-state index contributed by atoms with van der Waals surface area (Å²) < 4.78 is 13.1. The first kappa shape index (κ1) is 15.1. The van der Waals surface area contributed by atoms with E-state index in [9.17, 15) is 14.0 Å². The zero-order chi connectivity index (χ0) is 16.2. The van der Waals surface area contributed by atoms with Gasteiger partial charge in [0, 0.05) is 30.5 Å². The van der Waals surface area contributed by atoms with Gasteiger partial charge in [0.05, 0.1) is 0 Å². The van der Waals surface area contributed by atoms with E-state index in [4.69, 9.17) is 0 Å². The zero-order valence-electron chi connectivity index (χ0n) is 12.5. The van der Waals surface area contributed by atoms with Crippen LogP contribution in [0.5, 0.6) is 0 Å². The number of rotatable bonds is 3. The van der Waals surface area contributed by atoms with Crippen LogP contribution in [0.2, 0.25) is 0 Å². The SMILES string of the molecule is O=C(Nc1cccc(F)c1)c1cc(C(=O)N2CCCC2)ccn1. The molecule has 0 aliphatic carbocycles. The second-order valence-electron chi connectivity index (χ2n) is 5.39. The van der Waals surface area contributed by atoms with Gasteiger partial charge in [-0.1, -0.05) is 6.07 Å². The number of carbonyl (C=O) groups excluding carboxylic acids is 2. The van der Waals surface area contributed by atoms with Gasteiger partial charge < -0.3 is 10.2 Å². The molecule has 0 spiro atoms. The first-order chi connectivity index (χ1) is 11.1. The highest BCUT2D eigenvalue weighted by Crippen LogP contribution is 2.14. The lowest BCUT2D eigenvalue weighted by Crippen LogP contribution is -2.28. The van der Waals surface area contributed by atoms with Gasteiger partial charge in [0.25, 0.3) is 11.8 Å². The summed E-state index contributed by atoms with van der Waals surface area (Å²) in [5.41, 5.74) is 0.902. The number of amides is 2. The Morgan fingerprint density at radius 3 is 2.65 bits per heavy atom. The largest absolute Gasteiger partial charge is 0.339 e. The molecule has 5 nitrogen and oxygen atoms in total. The number of halogens is 1. The molecule has 1 aromatic heterocycles. The van der Waals surface area contributed by atoms with Crippen LogP contribution in [-0.4, -0.2) is 34.8 Å². The Kier molecular flexibility index (Phi) is 4.32. The zero-order valence-corrected chi connectivity index (χ0v) is 12.5. The molecule has 1 aliphatic rings. The number of anilines is 1. The predicted octanol–water partition coefficient (Wildman–Crippen LogP) is 2.71. The van der Waals surface area contributed by atoms with Crippen molar-refractivity contribution >= 4 is 17.5 Å². The Balaban J connectivity index is 1.76. The molecule has 0 bridgehead atoms. The first-order valence-electron chi connectivity index (χ1n) is 7.46. The summed E-state index contributed by atoms with van der Waals surface area (Å²) in [6, 6.07) is 8.67. The average Bonchev–Trinajstić information content (AvgIpc) is 3.09. The van der Waals surface area contributed by atoms with Gasteiger partial charge in [0.1, 0.15) is 11.5 Å². The Hall–Kier alpha value is -2.76. The number of aromatic nitrogens is 1. The van der Waals surface area contributed by atoms with Gasteiger partial charge >= 0.3 is 0 Å². The lowest BCUT2D eigenvalue weighted by molar-refractivity contribution is 0.0792. The number of hydrogen-bond donors (Lipinski definition) is 1. The van der Waals surface area contributed by atoms with Crippen molar-refractivity contribution in [3.05, 3.63) is 59.7 Å². The Morgan fingerprint density at radius 1 is 1.13 bits per heavy atom.